The molecule has 0 aliphatic carbocycles. The van der Waals surface area contributed by atoms with Gasteiger partial charge in [0.05, 0.1) is 6.42 Å². The second kappa shape index (κ2) is 5.70. The van der Waals surface area contributed by atoms with E-state index in [9.17, 15) is 13.2 Å². The van der Waals surface area contributed by atoms with Gasteiger partial charge in [0.25, 0.3) is 0 Å². The summed E-state index contributed by atoms with van der Waals surface area (Å²) in [6.45, 7) is 0.836. The van der Waals surface area contributed by atoms with E-state index in [1.165, 1.54) is 11.8 Å². The van der Waals surface area contributed by atoms with Gasteiger partial charge in [-0.3, -0.25) is 0 Å². The minimum atomic E-state index is -3.99. The van der Waals surface area contributed by atoms with Crippen LogP contribution in [-0.4, -0.2) is 43.2 Å². The zero-order valence-electron chi connectivity index (χ0n) is 7.32. The molecule has 0 spiro atoms. The van der Waals surface area contributed by atoms with Crippen LogP contribution in [0, 0.1) is 0 Å². The van der Waals surface area contributed by atoms with Gasteiger partial charge in [-0.25, -0.2) is 0 Å². The van der Waals surface area contributed by atoms with Crippen LogP contribution in [0.5, 0.6) is 0 Å². The first-order valence-electron chi connectivity index (χ1n) is 3.71. The van der Waals surface area contributed by atoms with Crippen LogP contribution in [-0.2, 0) is 0 Å². The Hall–Kier alpha value is 0.100. The summed E-state index contributed by atoms with van der Waals surface area (Å²) in [6, 6.07) is 0. The smallest absolute Gasteiger partial charge is 0.309 e. The van der Waals surface area contributed by atoms with Gasteiger partial charge in [-0.1, -0.05) is 0 Å². The van der Waals surface area contributed by atoms with Crippen LogP contribution in [0.2, 0.25) is 0 Å². The molecule has 0 aromatic rings. The predicted molar refractivity (Wildman–Crippen MR) is 46.6 cm³/mol. The van der Waals surface area contributed by atoms with Crippen molar-refractivity contribution in [2.24, 2.45) is 0 Å². The summed E-state index contributed by atoms with van der Waals surface area (Å²) < 4.78 is 34.9. The van der Waals surface area contributed by atoms with Crippen molar-refractivity contribution in [3.8, 4) is 0 Å². The van der Waals surface area contributed by atoms with Crippen molar-refractivity contribution < 1.29 is 13.2 Å². The predicted octanol–water partition coefficient (Wildman–Crippen LogP) is 2.23. The molecule has 5 heteroatoms. The van der Waals surface area contributed by atoms with Gasteiger partial charge in [0.1, 0.15) is 0 Å². The van der Waals surface area contributed by atoms with Crippen molar-refractivity contribution in [2.45, 2.75) is 12.6 Å². The molecule has 0 amide bonds. The van der Waals surface area contributed by atoms with Crippen LogP contribution in [0.25, 0.3) is 0 Å². The van der Waals surface area contributed by atoms with Gasteiger partial charge in [0, 0.05) is 18.1 Å². The Balaban J connectivity index is 3.12. The van der Waals surface area contributed by atoms with E-state index < -0.39 is 12.6 Å². The van der Waals surface area contributed by atoms with E-state index >= 15 is 0 Å². The molecule has 0 bridgehead atoms. The molecule has 0 N–H and O–H groups in total. The van der Waals surface area contributed by atoms with Crippen LogP contribution >= 0.6 is 11.8 Å². The Morgan fingerprint density at radius 3 is 2.17 bits per heavy atom. The van der Waals surface area contributed by atoms with Crippen molar-refractivity contribution in [1.29, 1.82) is 0 Å². The Morgan fingerprint density at radius 2 is 1.75 bits per heavy atom. The third-order valence-electron chi connectivity index (χ3n) is 1.21. The highest BCUT2D eigenvalue weighted by molar-refractivity contribution is 7.99. The molecule has 0 aliphatic heterocycles. The van der Waals surface area contributed by atoms with E-state index in [0.717, 1.165) is 12.3 Å². The number of hydrogen-bond donors (Lipinski definition) is 0. The summed E-state index contributed by atoms with van der Waals surface area (Å²) in [5, 5.41) is 0. The van der Waals surface area contributed by atoms with E-state index in [2.05, 4.69) is 0 Å². The normalized spacial score (nSPS) is 12.5. The fourth-order valence-electron chi connectivity index (χ4n) is 0.537. The molecule has 0 atom stereocenters. The molecule has 0 heterocycles. The van der Waals surface area contributed by atoms with E-state index in [1.54, 1.807) is 0 Å². The molecule has 0 aliphatic rings. The molecule has 0 unspecified atom stereocenters. The number of thioether (sulfide) groups is 1. The summed E-state index contributed by atoms with van der Waals surface area (Å²) in [7, 11) is 3.81. The first-order chi connectivity index (χ1) is 5.42. The van der Waals surface area contributed by atoms with Gasteiger partial charge in [-0.2, -0.15) is 24.9 Å². The highest BCUT2D eigenvalue weighted by Gasteiger charge is 2.25. The van der Waals surface area contributed by atoms with E-state index in [0.29, 0.717) is 0 Å². The van der Waals surface area contributed by atoms with Gasteiger partial charge >= 0.3 is 6.18 Å². The average molecular weight is 201 g/mol. The number of rotatable bonds is 5. The molecule has 1 nitrogen and oxygen atoms in total. The second-order valence-corrected chi connectivity index (χ2v) is 4.01. The van der Waals surface area contributed by atoms with Crippen molar-refractivity contribution in [2.75, 3.05) is 32.1 Å². The zero-order valence-corrected chi connectivity index (χ0v) is 8.13. The van der Waals surface area contributed by atoms with Crippen molar-refractivity contribution in [1.82, 2.24) is 4.90 Å². The summed E-state index contributed by atoms with van der Waals surface area (Å²) in [6.07, 6.45) is -4.67. The summed E-state index contributed by atoms with van der Waals surface area (Å²) in [4.78, 5) is 1.96. The standard InChI is InChI=1S/C7H14F3NS/c1-11(2)4-6-12-5-3-7(8,9)10/h3-6H2,1-2H3. The third kappa shape index (κ3) is 10.1. The highest BCUT2D eigenvalue weighted by atomic mass is 32.2. The topological polar surface area (TPSA) is 3.24 Å². The summed E-state index contributed by atoms with van der Waals surface area (Å²) in [5.74, 6) is 0.945. The Bertz CT molecular complexity index is 114. The van der Waals surface area contributed by atoms with Crippen LogP contribution in [0.3, 0.4) is 0 Å². The number of alkyl halides is 3. The highest BCUT2D eigenvalue weighted by Crippen LogP contribution is 2.21. The lowest BCUT2D eigenvalue weighted by Gasteiger charge is -2.09. The maximum atomic E-state index is 11.6. The lowest BCUT2D eigenvalue weighted by atomic mass is 10.5. The summed E-state index contributed by atoms with van der Waals surface area (Å²) in [5.41, 5.74) is 0. The van der Waals surface area contributed by atoms with Crippen LogP contribution < -0.4 is 0 Å². The molecular formula is C7H14F3NS. The molecule has 0 rings (SSSR count). The molecule has 0 radical (unpaired) electrons. The van der Waals surface area contributed by atoms with E-state index in [4.69, 9.17) is 0 Å². The molecule has 12 heavy (non-hydrogen) atoms. The van der Waals surface area contributed by atoms with Gasteiger partial charge in [-0.15, -0.1) is 0 Å². The molecular weight excluding hydrogens is 187 g/mol. The summed E-state index contributed by atoms with van der Waals surface area (Å²) >= 11 is 1.35. The van der Waals surface area contributed by atoms with Crippen LogP contribution in [0.4, 0.5) is 13.2 Å². The molecule has 0 saturated carbocycles. The Morgan fingerprint density at radius 1 is 1.17 bits per heavy atom. The van der Waals surface area contributed by atoms with E-state index in [-0.39, 0.29) is 5.75 Å². The van der Waals surface area contributed by atoms with Crippen molar-refractivity contribution >= 4 is 11.8 Å². The van der Waals surface area contributed by atoms with Crippen LogP contribution in [0.1, 0.15) is 6.42 Å². The lowest BCUT2D eigenvalue weighted by Crippen LogP contribution is -2.15. The quantitative estimate of drug-likeness (QED) is 0.627. The lowest BCUT2D eigenvalue weighted by molar-refractivity contribution is -0.129. The average Bonchev–Trinajstić information content (AvgIpc) is 1.83. The SMILES string of the molecule is CN(C)CCSCCC(F)(F)F. The molecule has 0 saturated heterocycles. The number of nitrogens with zero attached hydrogens (tertiary/aromatic N) is 1. The minimum absolute atomic E-state index is 0.178. The monoisotopic (exact) mass is 201 g/mol. The second-order valence-electron chi connectivity index (χ2n) is 2.78. The first kappa shape index (κ1) is 12.1. The van der Waals surface area contributed by atoms with Crippen molar-refractivity contribution in [3.63, 3.8) is 0 Å². The first-order valence-corrected chi connectivity index (χ1v) is 4.86. The molecule has 0 aromatic carbocycles. The molecule has 74 valence electrons. The molecule has 0 fully saturated rings. The maximum Gasteiger partial charge on any atom is 0.389 e. The van der Waals surface area contributed by atoms with Gasteiger partial charge in [0.2, 0.25) is 0 Å². The number of halogens is 3. The van der Waals surface area contributed by atoms with E-state index in [1.807, 2.05) is 19.0 Å². The Labute approximate surface area is 75.3 Å². The fourth-order valence-corrected chi connectivity index (χ4v) is 1.61. The molecule has 0 aromatic heterocycles. The fraction of sp³-hybridized carbons (Fsp3) is 1.00. The van der Waals surface area contributed by atoms with Crippen molar-refractivity contribution in [3.05, 3.63) is 0 Å². The van der Waals surface area contributed by atoms with Gasteiger partial charge < -0.3 is 4.90 Å². The zero-order chi connectivity index (χ0) is 9.61. The van der Waals surface area contributed by atoms with Gasteiger partial charge in [-0.05, 0) is 14.1 Å². The Kier molecular flexibility index (Phi) is 5.74. The van der Waals surface area contributed by atoms with Gasteiger partial charge in [0.15, 0.2) is 0 Å². The van der Waals surface area contributed by atoms with Crippen LogP contribution in [0.15, 0.2) is 0 Å². The minimum Gasteiger partial charge on any atom is -0.309 e. The maximum absolute atomic E-state index is 11.6. The number of hydrogen-bond acceptors (Lipinski definition) is 2. The third-order valence-corrected chi connectivity index (χ3v) is 2.18. The largest absolute Gasteiger partial charge is 0.389 e.